The summed E-state index contributed by atoms with van der Waals surface area (Å²) in [6, 6.07) is 3.62. The molecule has 0 unspecified atom stereocenters. The molecule has 0 aliphatic heterocycles. The molecule has 0 heterocycles. The highest BCUT2D eigenvalue weighted by Gasteiger charge is 2.04. The predicted molar refractivity (Wildman–Crippen MR) is 56.9 cm³/mol. The molecule has 0 saturated heterocycles. The Bertz CT molecular complexity index is 496. The molecule has 3 nitrogen and oxygen atoms in total. The van der Waals surface area contributed by atoms with Gasteiger partial charge >= 0.3 is 0 Å². The van der Waals surface area contributed by atoms with Gasteiger partial charge in [-0.1, -0.05) is 6.07 Å². The van der Waals surface area contributed by atoms with Gasteiger partial charge in [-0.05, 0) is 37.5 Å². The molecule has 1 rings (SSSR count). The average Bonchev–Trinajstić information content (AvgIpc) is 2.28. The lowest BCUT2D eigenvalue weighted by Crippen LogP contribution is -2.03. The van der Waals surface area contributed by atoms with Gasteiger partial charge in [0.2, 0.25) is 0 Å². The van der Waals surface area contributed by atoms with E-state index in [1.165, 1.54) is 18.2 Å². The summed E-state index contributed by atoms with van der Waals surface area (Å²) in [4.78, 5) is 0. The third kappa shape index (κ3) is 2.64. The molecule has 0 spiro atoms. The summed E-state index contributed by atoms with van der Waals surface area (Å²) in [6.45, 7) is -0.731. The minimum absolute atomic E-state index is 0.0132. The van der Waals surface area contributed by atoms with Gasteiger partial charge < -0.3 is 15.2 Å². The Balaban J connectivity index is 3.26. The van der Waals surface area contributed by atoms with Crippen LogP contribution in [0.25, 0.3) is 0 Å². The zero-order valence-electron chi connectivity index (χ0n) is 14.8. The number of nitrogens with two attached hydrogens (primary N) is 1. The van der Waals surface area contributed by atoms with E-state index in [1.807, 2.05) is 0 Å². The largest absolute Gasteiger partial charge is 0.493 e. The molecule has 1 aromatic rings. The molecule has 0 bridgehead atoms. The first kappa shape index (κ1) is 4.53. The summed E-state index contributed by atoms with van der Waals surface area (Å²) in [7, 11) is -2.67. The Hall–Kier alpha value is -1.22. The lowest BCUT2D eigenvalue weighted by Gasteiger charge is -2.10. The third-order valence-corrected chi connectivity index (χ3v) is 1.57. The Morgan fingerprint density at radius 2 is 2.36 bits per heavy atom. The van der Waals surface area contributed by atoms with Crippen molar-refractivity contribution in [3.8, 4) is 11.5 Å². The average molecular weight is 202 g/mol. The van der Waals surface area contributed by atoms with Gasteiger partial charge in [0.15, 0.2) is 11.5 Å². The number of hydrogen-bond acceptors (Lipinski definition) is 3. The van der Waals surface area contributed by atoms with E-state index < -0.39 is 19.9 Å². The second-order valence-corrected chi connectivity index (χ2v) is 2.47. The fourth-order valence-electron chi connectivity index (χ4n) is 1.02. The summed E-state index contributed by atoms with van der Waals surface area (Å²) in [5, 5.41) is 0. The Morgan fingerprint density at radius 3 is 3.00 bits per heavy atom. The van der Waals surface area contributed by atoms with Crippen molar-refractivity contribution in [2.75, 3.05) is 20.1 Å². The van der Waals surface area contributed by atoms with E-state index in [0.717, 1.165) is 0 Å². The molecule has 2 N–H and O–H groups in total. The first-order chi connectivity index (χ1) is 9.38. The molecule has 0 aromatic heterocycles. The van der Waals surface area contributed by atoms with Gasteiger partial charge in [-0.15, -0.1) is 0 Å². The zero-order chi connectivity index (χ0) is 16.5. The molecule has 0 aliphatic carbocycles. The van der Waals surface area contributed by atoms with Crippen LogP contribution < -0.4 is 15.2 Å². The number of ether oxygens (including phenoxy) is 2. The predicted octanol–water partition coefficient (Wildman–Crippen LogP) is 1.60. The van der Waals surface area contributed by atoms with Gasteiger partial charge in [0.05, 0.1) is 17.8 Å². The molecule has 0 saturated carbocycles. The number of hydrogen-bond donors (Lipinski definition) is 1. The quantitative estimate of drug-likeness (QED) is 0.788. The van der Waals surface area contributed by atoms with Crippen molar-refractivity contribution >= 4 is 0 Å². The van der Waals surface area contributed by atoms with Crippen LogP contribution >= 0.6 is 0 Å². The van der Waals surface area contributed by atoms with Crippen molar-refractivity contribution in [3.63, 3.8) is 0 Å². The fourth-order valence-corrected chi connectivity index (χ4v) is 1.02. The molecule has 0 atom stereocenters. The minimum atomic E-state index is -2.67. The van der Waals surface area contributed by atoms with E-state index in [4.69, 9.17) is 24.8 Å². The van der Waals surface area contributed by atoms with E-state index in [0.29, 0.717) is 0 Å². The lowest BCUT2D eigenvalue weighted by atomic mass is 10.1. The monoisotopic (exact) mass is 202 g/mol. The maximum atomic E-state index is 7.76. The van der Waals surface area contributed by atoms with Crippen LogP contribution in [0.5, 0.6) is 11.5 Å². The maximum Gasteiger partial charge on any atom is 0.161 e. The molecule has 0 radical (unpaired) electrons. The Labute approximate surface area is 94.7 Å². The Morgan fingerprint density at radius 1 is 1.50 bits per heavy atom. The van der Waals surface area contributed by atoms with Crippen LogP contribution in [0.2, 0.25) is 0 Å². The highest BCUT2D eigenvalue weighted by molar-refractivity contribution is 5.43. The molecular formula is C11H17NO2. The van der Waals surface area contributed by atoms with Crippen LogP contribution in [0.4, 0.5) is 0 Å². The smallest absolute Gasteiger partial charge is 0.161 e. The van der Waals surface area contributed by atoms with Gasteiger partial charge in [0.25, 0.3) is 0 Å². The normalized spacial score (nSPS) is 20.3. The summed E-state index contributed by atoms with van der Waals surface area (Å²) in [6.07, 6.45) is -2.47. The van der Waals surface area contributed by atoms with Crippen molar-refractivity contribution < 1.29 is 19.1 Å². The SMILES string of the molecule is [2H]C([2H])([2H])Oc1ccc(C([2H])([2H])C([2H])([2H])N)cc1OCC. The van der Waals surface area contributed by atoms with Gasteiger partial charge in [0, 0.05) is 5.48 Å². The summed E-state index contributed by atoms with van der Waals surface area (Å²) in [5.41, 5.74) is 5.13. The van der Waals surface area contributed by atoms with Crippen LogP contribution in [-0.4, -0.2) is 20.1 Å². The van der Waals surface area contributed by atoms with Crippen LogP contribution in [0, 0.1) is 0 Å². The van der Waals surface area contributed by atoms with E-state index in [2.05, 4.69) is 0 Å². The van der Waals surface area contributed by atoms with E-state index >= 15 is 0 Å². The molecule has 3 heteroatoms. The molecule has 14 heavy (non-hydrogen) atoms. The van der Waals surface area contributed by atoms with Gasteiger partial charge in [-0.25, -0.2) is 0 Å². The van der Waals surface area contributed by atoms with Gasteiger partial charge in [-0.3, -0.25) is 0 Å². The number of rotatable bonds is 5. The summed E-state index contributed by atoms with van der Waals surface area (Å²) < 4.78 is 61.4. The van der Waals surface area contributed by atoms with E-state index in [9.17, 15) is 0 Å². The summed E-state index contributed by atoms with van der Waals surface area (Å²) in [5.74, 6) is -0.0618. The number of methoxy groups -OCH3 is 1. The van der Waals surface area contributed by atoms with Crippen molar-refractivity contribution in [3.05, 3.63) is 23.8 Å². The van der Waals surface area contributed by atoms with E-state index in [-0.39, 0.29) is 23.7 Å². The number of aryl methyl sites for hydroxylation is 1. The number of benzene rings is 1. The molecule has 0 amide bonds. The standard InChI is InChI=1S/C11H17NO2/c1-3-14-11-8-9(6-7-12)4-5-10(11)13-2/h4-5,8H,3,6-7,12H2,1-2H3/i2D3,6D2,7D2. The maximum absolute atomic E-state index is 7.76. The van der Waals surface area contributed by atoms with Crippen molar-refractivity contribution in [2.45, 2.75) is 13.3 Å². The van der Waals surface area contributed by atoms with Crippen molar-refractivity contribution in [2.24, 2.45) is 5.73 Å². The summed E-state index contributed by atoms with van der Waals surface area (Å²) >= 11 is 0. The minimum Gasteiger partial charge on any atom is -0.493 e. The Kier molecular flexibility index (Phi) is 1.78. The topological polar surface area (TPSA) is 44.5 Å². The zero-order valence-corrected chi connectivity index (χ0v) is 7.83. The highest BCUT2D eigenvalue weighted by Crippen LogP contribution is 2.27. The second-order valence-electron chi connectivity index (χ2n) is 2.47. The first-order valence-corrected chi connectivity index (χ1v) is 4.13. The van der Waals surface area contributed by atoms with Gasteiger partial charge in [-0.2, -0.15) is 0 Å². The fraction of sp³-hybridized carbons (Fsp3) is 0.455. The third-order valence-electron chi connectivity index (χ3n) is 1.57. The van der Waals surface area contributed by atoms with Crippen LogP contribution in [-0.2, 0) is 6.37 Å². The van der Waals surface area contributed by atoms with Crippen molar-refractivity contribution in [1.29, 1.82) is 0 Å². The molecule has 1 aromatic carbocycles. The first-order valence-electron chi connectivity index (χ1n) is 7.63. The molecular weight excluding hydrogens is 178 g/mol. The molecule has 0 fully saturated rings. The lowest BCUT2D eigenvalue weighted by molar-refractivity contribution is 0.310. The van der Waals surface area contributed by atoms with Crippen LogP contribution in [0.15, 0.2) is 18.2 Å². The van der Waals surface area contributed by atoms with Crippen molar-refractivity contribution in [1.82, 2.24) is 0 Å². The van der Waals surface area contributed by atoms with Gasteiger partial charge in [0.1, 0.15) is 0 Å². The van der Waals surface area contributed by atoms with Crippen LogP contribution in [0.3, 0.4) is 0 Å². The molecule has 78 valence electrons. The second kappa shape index (κ2) is 5.50. The van der Waals surface area contributed by atoms with Crippen LogP contribution in [0.1, 0.15) is 22.1 Å². The highest BCUT2D eigenvalue weighted by atomic mass is 16.5. The molecule has 0 aliphatic rings. The van der Waals surface area contributed by atoms with E-state index in [1.54, 1.807) is 6.92 Å².